The highest BCUT2D eigenvalue weighted by Gasteiger charge is 2.18. The van der Waals surface area contributed by atoms with E-state index >= 15 is 0 Å². The first kappa shape index (κ1) is 14.5. The second-order valence-electron chi connectivity index (χ2n) is 4.71. The van der Waals surface area contributed by atoms with Crippen LogP contribution in [0.4, 0.5) is 5.69 Å². The molecule has 1 aromatic carbocycles. The Labute approximate surface area is 118 Å². The molecular weight excluding hydrogens is 276 g/mol. The Hall–Kier alpha value is -1.86. The topological polar surface area (TPSA) is 101 Å². The third kappa shape index (κ3) is 2.68. The molecule has 0 atom stereocenters. The molecule has 0 spiro atoms. The van der Waals surface area contributed by atoms with Crippen molar-refractivity contribution in [1.82, 2.24) is 10.2 Å². The van der Waals surface area contributed by atoms with Crippen molar-refractivity contribution in [3.8, 4) is 0 Å². The van der Waals surface area contributed by atoms with Crippen molar-refractivity contribution >= 4 is 15.7 Å². The highest BCUT2D eigenvalue weighted by Crippen LogP contribution is 2.22. The molecule has 0 radical (unpaired) electrons. The van der Waals surface area contributed by atoms with E-state index in [0.29, 0.717) is 23.6 Å². The van der Waals surface area contributed by atoms with Gasteiger partial charge in [-0.25, -0.2) is 8.42 Å². The largest absolute Gasteiger partial charge is 0.326 e. The fraction of sp³-hybridized carbons (Fsp3) is 0.308. The second-order valence-corrected chi connectivity index (χ2v) is 6.39. The van der Waals surface area contributed by atoms with Crippen molar-refractivity contribution in [2.75, 3.05) is 4.72 Å². The van der Waals surface area contributed by atoms with Gasteiger partial charge in [-0.3, -0.25) is 9.82 Å². The minimum atomic E-state index is -3.63. The smallest absolute Gasteiger partial charge is 0.262 e. The van der Waals surface area contributed by atoms with Gasteiger partial charge in [-0.1, -0.05) is 6.07 Å². The van der Waals surface area contributed by atoms with Crippen LogP contribution in [0, 0.1) is 20.8 Å². The number of hydrogen-bond acceptors (Lipinski definition) is 4. The lowest BCUT2D eigenvalue weighted by Crippen LogP contribution is -2.14. The average Bonchev–Trinajstić information content (AvgIpc) is 2.70. The highest BCUT2D eigenvalue weighted by atomic mass is 32.2. The molecule has 0 amide bonds. The lowest BCUT2D eigenvalue weighted by atomic mass is 10.1. The maximum Gasteiger partial charge on any atom is 0.262 e. The van der Waals surface area contributed by atoms with Crippen LogP contribution in [0.1, 0.15) is 22.5 Å². The van der Waals surface area contributed by atoms with Crippen LogP contribution in [-0.2, 0) is 16.6 Å². The predicted molar refractivity (Wildman–Crippen MR) is 77.9 cm³/mol. The van der Waals surface area contributed by atoms with Crippen LogP contribution < -0.4 is 10.5 Å². The molecule has 1 heterocycles. The van der Waals surface area contributed by atoms with Gasteiger partial charge >= 0.3 is 0 Å². The summed E-state index contributed by atoms with van der Waals surface area (Å²) >= 11 is 0. The number of aromatic nitrogens is 2. The number of hydrogen-bond donors (Lipinski definition) is 3. The SMILES string of the molecule is Cc1cc(S(=O)(=O)Nc2c(C)n[nH]c2C)ccc1CN. The summed E-state index contributed by atoms with van der Waals surface area (Å²) in [5, 5.41) is 6.72. The summed E-state index contributed by atoms with van der Waals surface area (Å²) < 4.78 is 27.3. The van der Waals surface area contributed by atoms with Crippen LogP contribution in [0.3, 0.4) is 0 Å². The summed E-state index contributed by atoms with van der Waals surface area (Å²) in [4.78, 5) is 0.215. The van der Waals surface area contributed by atoms with E-state index in [1.165, 1.54) is 0 Å². The summed E-state index contributed by atoms with van der Waals surface area (Å²) in [5.74, 6) is 0. The minimum absolute atomic E-state index is 0.215. The fourth-order valence-electron chi connectivity index (χ4n) is 1.96. The summed E-state index contributed by atoms with van der Waals surface area (Å²) in [5.41, 5.74) is 9.15. The first-order valence-corrected chi connectivity index (χ1v) is 7.67. The number of nitrogens with two attached hydrogens (primary N) is 1. The lowest BCUT2D eigenvalue weighted by Gasteiger charge is -2.10. The fourth-order valence-corrected chi connectivity index (χ4v) is 3.23. The molecular formula is C13H18N4O2S. The molecule has 108 valence electrons. The van der Waals surface area contributed by atoms with Crippen LogP contribution in [-0.4, -0.2) is 18.6 Å². The number of H-pyrrole nitrogens is 1. The molecule has 0 aliphatic carbocycles. The monoisotopic (exact) mass is 294 g/mol. The maximum absolute atomic E-state index is 12.4. The van der Waals surface area contributed by atoms with Crippen molar-refractivity contribution < 1.29 is 8.42 Å². The molecule has 0 saturated heterocycles. The number of aryl methyl sites for hydroxylation is 3. The quantitative estimate of drug-likeness (QED) is 0.797. The van der Waals surface area contributed by atoms with E-state index in [1.807, 2.05) is 6.92 Å². The Morgan fingerprint density at radius 2 is 2.00 bits per heavy atom. The van der Waals surface area contributed by atoms with E-state index in [1.54, 1.807) is 32.0 Å². The molecule has 4 N–H and O–H groups in total. The Bertz CT molecular complexity index is 715. The van der Waals surface area contributed by atoms with E-state index in [2.05, 4.69) is 14.9 Å². The summed E-state index contributed by atoms with van der Waals surface area (Å²) in [7, 11) is -3.63. The van der Waals surface area contributed by atoms with Gasteiger partial charge in [0, 0.05) is 6.54 Å². The van der Waals surface area contributed by atoms with Gasteiger partial charge in [0.15, 0.2) is 0 Å². The zero-order valence-electron chi connectivity index (χ0n) is 11.7. The van der Waals surface area contributed by atoms with E-state index in [-0.39, 0.29) is 4.90 Å². The third-order valence-corrected chi connectivity index (χ3v) is 4.56. The zero-order valence-corrected chi connectivity index (χ0v) is 12.5. The maximum atomic E-state index is 12.4. The lowest BCUT2D eigenvalue weighted by molar-refractivity contribution is 0.601. The molecule has 0 bridgehead atoms. The van der Waals surface area contributed by atoms with Crippen molar-refractivity contribution in [3.63, 3.8) is 0 Å². The van der Waals surface area contributed by atoms with Gasteiger partial charge in [-0.05, 0) is 44.0 Å². The standard InChI is InChI=1S/C13H18N4O2S/c1-8-6-12(5-4-11(8)7-14)20(18,19)17-13-9(2)15-16-10(13)3/h4-6,17H,7,14H2,1-3H3,(H,15,16). The number of sulfonamides is 1. The molecule has 0 saturated carbocycles. The number of nitrogens with zero attached hydrogens (tertiary/aromatic N) is 1. The average molecular weight is 294 g/mol. The van der Waals surface area contributed by atoms with Crippen molar-refractivity contribution in [2.24, 2.45) is 5.73 Å². The number of anilines is 1. The predicted octanol–water partition coefficient (Wildman–Crippen LogP) is 1.59. The Morgan fingerprint density at radius 1 is 1.30 bits per heavy atom. The molecule has 0 aliphatic rings. The first-order valence-electron chi connectivity index (χ1n) is 6.19. The van der Waals surface area contributed by atoms with Gasteiger partial charge in [0.1, 0.15) is 0 Å². The Morgan fingerprint density at radius 3 is 2.50 bits per heavy atom. The summed E-state index contributed by atoms with van der Waals surface area (Å²) in [6, 6.07) is 4.91. The molecule has 20 heavy (non-hydrogen) atoms. The normalized spacial score (nSPS) is 11.6. The Balaban J connectivity index is 2.38. The Kier molecular flexibility index (Phi) is 3.82. The summed E-state index contributed by atoms with van der Waals surface area (Å²) in [6.07, 6.45) is 0. The molecule has 2 aromatic rings. The number of nitrogens with one attached hydrogen (secondary N) is 2. The molecule has 2 rings (SSSR count). The van der Waals surface area contributed by atoms with E-state index < -0.39 is 10.0 Å². The third-order valence-electron chi connectivity index (χ3n) is 3.21. The number of benzene rings is 1. The van der Waals surface area contributed by atoms with Gasteiger partial charge < -0.3 is 5.73 Å². The summed E-state index contributed by atoms with van der Waals surface area (Å²) in [6.45, 7) is 5.74. The van der Waals surface area contributed by atoms with Gasteiger partial charge in [-0.15, -0.1) is 0 Å². The van der Waals surface area contributed by atoms with Crippen LogP contribution >= 0.6 is 0 Å². The highest BCUT2D eigenvalue weighted by molar-refractivity contribution is 7.92. The van der Waals surface area contributed by atoms with Crippen molar-refractivity contribution in [2.45, 2.75) is 32.2 Å². The van der Waals surface area contributed by atoms with Crippen molar-refractivity contribution in [3.05, 3.63) is 40.7 Å². The van der Waals surface area contributed by atoms with Gasteiger partial charge in [0.2, 0.25) is 0 Å². The molecule has 6 nitrogen and oxygen atoms in total. The molecule has 0 fully saturated rings. The molecule has 0 aliphatic heterocycles. The molecule has 1 aromatic heterocycles. The van der Waals surface area contributed by atoms with E-state index in [4.69, 9.17) is 5.73 Å². The van der Waals surface area contributed by atoms with Crippen LogP contribution in [0.2, 0.25) is 0 Å². The van der Waals surface area contributed by atoms with Gasteiger partial charge in [-0.2, -0.15) is 5.10 Å². The molecule has 0 unspecified atom stereocenters. The number of aromatic amines is 1. The van der Waals surface area contributed by atoms with Crippen LogP contribution in [0.15, 0.2) is 23.1 Å². The zero-order chi connectivity index (χ0) is 14.9. The van der Waals surface area contributed by atoms with Crippen LogP contribution in [0.5, 0.6) is 0 Å². The van der Waals surface area contributed by atoms with Gasteiger partial charge in [0.25, 0.3) is 10.0 Å². The van der Waals surface area contributed by atoms with E-state index in [9.17, 15) is 8.42 Å². The molecule has 7 heteroatoms. The van der Waals surface area contributed by atoms with Crippen molar-refractivity contribution in [1.29, 1.82) is 0 Å². The van der Waals surface area contributed by atoms with Gasteiger partial charge in [0.05, 0.1) is 22.0 Å². The first-order chi connectivity index (χ1) is 9.35. The second kappa shape index (κ2) is 5.26. The van der Waals surface area contributed by atoms with Crippen LogP contribution in [0.25, 0.3) is 0 Å². The van der Waals surface area contributed by atoms with E-state index in [0.717, 1.165) is 11.1 Å². The minimum Gasteiger partial charge on any atom is -0.326 e. The number of rotatable bonds is 4.